The molecule has 0 aromatic rings. The average molecular weight is 123 g/mol. The Kier molecular flexibility index (Phi) is 2.76. The van der Waals surface area contributed by atoms with E-state index in [1.807, 2.05) is 12.2 Å². The van der Waals surface area contributed by atoms with E-state index in [9.17, 15) is 0 Å². The molecule has 0 fully saturated rings. The molecule has 0 heterocycles. The summed E-state index contributed by atoms with van der Waals surface area (Å²) in [4.78, 5) is 0. The van der Waals surface area contributed by atoms with Crippen LogP contribution in [0.15, 0.2) is 25.3 Å². The molecule has 0 aromatic heterocycles. The molecule has 1 heteroatoms. The summed E-state index contributed by atoms with van der Waals surface area (Å²) in [5.74, 6) is 0. The van der Waals surface area contributed by atoms with E-state index in [4.69, 9.17) is 0 Å². The number of hydrogen-bond donors (Lipinski definition) is 0. The molecule has 0 aliphatic heterocycles. The normalized spacial score (nSPS) is 16.8. The predicted molar refractivity (Wildman–Crippen MR) is 39.1 cm³/mol. The monoisotopic (exact) mass is 123 g/mol. The van der Waals surface area contributed by atoms with Crippen molar-refractivity contribution in [2.45, 2.75) is 18.4 Å². The zero-order valence-corrected chi connectivity index (χ0v) is 6.28. The van der Waals surface area contributed by atoms with Crippen LogP contribution in [0.2, 0.25) is 5.04 Å². The molecule has 0 N–H and O–H groups in total. The summed E-state index contributed by atoms with van der Waals surface area (Å²) >= 11 is 0. The van der Waals surface area contributed by atoms with Crippen LogP contribution in [0.1, 0.15) is 13.3 Å². The summed E-state index contributed by atoms with van der Waals surface area (Å²) in [7, 11) is 3.50. The van der Waals surface area contributed by atoms with E-state index >= 15 is 0 Å². The third kappa shape index (κ3) is 2.80. The number of rotatable bonds is 3. The lowest BCUT2D eigenvalue weighted by atomic mass is 10.1. The first-order valence-electron chi connectivity index (χ1n) is 2.62. The fourth-order valence-corrected chi connectivity index (χ4v) is 0.528. The van der Waals surface area contributed by atoms with Gasteiger partial charge in [0.2, 0.25) is 0 Å². The van der Waals surface area contributed by atoms with E-state index in [1.54, 1.807) is 0 Å². The van der Waals surface area contributed by atoms with Gasteiger partial charge in [0.25, 0.3) is 0 Å². The third-order valence-corrected chi connectivity index (χ3v) is 1.43. The van der Waals surface area contributed by atoms with Crippen molar-refractivity contribution in [1.82, 2.24) is 0 Å². The molecule has 0 aliphatic carbocycles. The molecule has 8 heavy (non-hydrogen) atoms. The molecule has 0 aromatic carbocycles. The Labute approximate surface area is 54.7 Å². The minimum Gasteiger partial charge on any atom is -0.103 e. The molecule has 0 rings (SSSR count). The third-order valence-electron chi connectivity index (χ3n) is 1.02. The Hall–Kier alpha value is -0.303. The van der Waals surface area contributed by atoms with Crippen molar-refractivity contribution in [3.8, 4) is 0 Å². The predicted octanol–water partition coefficient (Wildman–Crippen LogP) is 2.10. The van der Waals surface area contributed by atoms with E-state index in [0.29, 0.717) is 0 Å². The van der Waals surface area contributed by atoms with Crippen molar-refractivity contribution in [3.63, 3.8) is 0 Å². The molecular weight excluding hydrogens is 112 g/mol. The lowest BCUT2D eigenvalue weighted by Crippen LogP contribution is -2.00. The zero-order chi connectivity index (χ0) is 6.62. The standard InChI is InChI=1S/C7H11Si/c1-4-6-7(3,8)5-2/h4-5H,1-2,6H2,3H3/t7-/m0/s1. The van der Waals surface area contributed by atoms with E-state index in [0.717, 1.165) is 6.42 Å². The molecule has 0 saturated carbocycles. The van der Waals surface area contributed by atoms with Crippen LogP contribution in [0, 0.1) is 0 Å². The van der Waals surface area contributed by atoms with Crippen LogP contribution in [0.5, 0.6) is 0 Å². The lowest BCUT2D eigenvalue weighted by molar-refractivity contribution is 0.776. The van der Waals surface area contributed by atoms with E-state index in [-0.39, 0.29) is 5.04 Å². The number of allylic oxidation sites excluding steroid dienone is 2. The minimum absolute atomic E-state index is 0.0434. The van der Waals surface area contributed by atoms with Crippen LogP contribution in [0.25, 0.3) is 0 Å². The van der Waals surface area contributed by atoms with Crippen molar-refractivity contribution in [2.24, 2.45) is 0 Å². The van der Waals surface area contributed by atoms with Gasteiger partial charge in [-0.2, -0.15) is 0 Å². The minimum atomic E-state index is 0.0434. The van der Waals surface area contributed by atoms with Crippen molar-refractivity contribution in [1.29, 1.82) is 0 Å². The fourth-order valence-electron chi connectivity index (χ4n) is 0.383. The molecule has 0 aliphatic rings. The van der Waals surface area contributed by atoms with Gasteiger partial charge < -0.3 is 0 Å². The largest absolute Gasteiger partial charge is 0.103 e. The zero-order valence-electron chi connectivity index (χ0n) is 5.28. The van der Waals surface area contributed by atoms with Crippen LogP contribution < -0.4 is 0 Å². The highest BCUT2D eigenvalue weighted by Crippen LogP contribution is 2.25. The second kappa shape index (κ2) is 2.87. The van der Waals surface area contributed by atoms with Crippen LogP contribution in [-0.4, -0.2) is 10.2 Å². The second-order valence-electron chi connectivity index (χ2n) is 2.11. The van der Waals surface area contributed by atoms with Crippen LogP contribution in [0.4, 0.5) is 0 Å². The van der Waals surface area contributed by atoms with E-state index < -0.39 is 0 Å². The Balaban J connectivity index is 3.70. The van der Waals surface area contributed by atoms with Crippen molar-refractivity contribution in [2.75, 3.05) is 0 Å². The molecule has 1 atom stereocenters. The lowest BCUT2D eigenvalue weighted by Gasteiger charge is -2.15. The average Bonchev–Trinajstić information content (AvgIpc) is 1.67. The molecule has 43 valence electrons. The summed E-state index contributed by atoms with van der Waals surface area (Å²) in [6, 6.07) is 0. The van der Waals surface area contributed by atoms with E-state index in [2.05, 4.69) is 30.3 Å². The topological polar surface area (TPSA) is 0 Å². The van der Waals surface area contributed by atoms with Gasteiger partial charge in [-0.15, -0.1) is 13.2 Å². The smallest absolute Gasteiger partial charge is 0.0370 e. The van der Waals surface area contributed by atoms with Gasteiger partial charge >= 0.3 is 0 Å². The Morgan fingerprint density at radius 2 is 2.12 bits per heavy atom. The highest BCUT2D eigenvalue weighted by molar-refractivity contribution is 6.16. The van der Waals surface area contributed by atoms with Gasteiger partial charge in [0.15, 0.2) is 0 Å². The first kappa shape index (κ1) is 7.70. The maximum absolute atomic E-state index is 3.65. The van der Waals surface area contributed by atoms with Gasteiger partial charge in [-0.1, -0.05) is 19.1 Å². The first-order chi connectivity index (χ1) is 3.62. The molecular formula is C7H11Si. The molecule has 0 bridgehead atoms. The highest BCUT2D eigenvalue weighted by Gasteiger charge is 2.08. The van der Waals surface area contributed by atoms with Gasteiger partial charge in [-0.3, -0.25) is 0 Å². The summed E-state index contributed by atoms with van der Waals surface area (Å²) in [6.45, 7) is 9.32. The molecule has 3 radical (unpaired) electrons. The fraction of sp³-hybridized carbons (Fsp3) is 0.429. The summed E-state index contributed by atoms with van der Waals surface area (Å²) in [6.07, 6.45) is 4.66. The van der Waals surface area contributed by atoms with Crippen molar-refractivity contribution >= 4 is 10.2 Å². The van der Waals surface area contributed by atoms with Crippen molar-refractivity contribution in [3.05, 3.63) is 25.3 Å². The number of hydrogen-bond acceptors (Lipinski definition) is 0. The molecule has 0 saturated heterocycles. The molecule has 0 amide bonds. The summed E-state index contributed by atoms with van der Waals surface area (Å²) in [5, 5.41) is 0.0434. The Morgan fingerprint density at radius 3 is 2.25 bits per heavy atom. The maximum atomic E-state index is 3.65. The maximum Gasteiger partial charge on any atom is 0.0370 e. The second-order valence-corrected chi connectivity index (χ2v) is 3.26. The van der Waals surface area contributed by atoms with Crippen molar-refractivity contribution < 1.29 is 0 Å². The van der Waals surface area contributed by atoms with Gasteiger partial charge in [0, 0.05) is 10.2 Å². The molecule has 0 spiro atoms. The molecule has 0 nitrogen and oxygen atoms in total. The van der Waals surface area contributed by atoms with Gasteiger partial charge in [0.05, 0.1) is 0 Å². The van der Waals surface area contributed by atoms with Crippen LogP contribution >= 0.6 is 0 Å². The van der Waals surface area contributed by atoms with Gasteiger partial charge in [-0.25, -0.2) is 0 Å². The van der Waals surface area contributed by atoms with Gasteiger partial charge in [0.1, 0.15) is 0 Å². The summed E-state index contributed by atoms with van der Waals surface area (Å²) < 4.78 is 0. The van der Waals surface area contributed by atoms with Gasteiger partial charge in [-0.05, 0) is 11.5 Å². The highest BCUT2D eigenvalue weighted by atomic mass is 28.1. The van der Waals surface area contributed by atoms with Crippen LogP contribution in [0.3, 0.4) is 0 Å². The Bertz CT molecular complexity index is 92.6. The quantitative estimate of drug-likeness (QED) is 0.398. The van der Waals surface area contributed by atoms with E-state index in [1.165, 1.54) is 0 Å². The summed E-state index contributed by atoms with van der Waals surface area (Å²) in [5.41, 5.74) is 0. The first-order valence-corrected chi connectivity index (χ1v) is 3.12. The Morgan fingerprint density at radius 1 is 1.62 bits per heavy atom. The van der Waals surface area contributed by atoms with Crippen LogP contribution in [-0.2, 0) is 0 Å². The molecule has 0 unspecified atom stereocenters. The SMILES string of the molecule is C=CC[C@@](C)([Si])C=C.